The highest BCUT2D eigenvalue weighted by atomic mass is 32.2. The SMILES string of the molecule is Cc1cc2c(cc1S(=O)(=O)[C@H](C)CC(=O)NC1CCCCCCC1)OCC(=O)N2. The molecular weight excluding hydrogens is 392 g/mol. The molecule has 1 aliphatic carbocycles. The van der Waals surface area contributed by atoms with E-state index in [-0.39, 0.29) is 35.8 Å². The van der Waals surface area contributed by atoms with Gasteiger partial charge >= 0.3 is 0 Å². The van der Waals surface area contributed by atoms with Crippen LogP contribution < -0.4 is 15.4 Å². The number of anilines is 1. The minimum Gasteiger partial charge on any atom is -0.482 e. The average Bonchev–Trinajstić information content (AvgIpc) is 2.62. The highest BCUT2D eigenvalue weighted by Gasteiger charge is 2.30. The van der Waals surface area contributed by atoms with E-state index in [0.717, 1.165) is 25.7 Å². The molecule has 2 aliphatic rings. The fourth-order valence-corrected chi connectivity index (χ4v) is 5.58. The van der Waals surface area contributed by atoms with Crippen LogP contribution in [0, 0.1) is 6.92 Å². The summed E-state index contributed by atoms with van der Waals surface area (Å²) in [5.74, 6) is -0.155. The third-order valence-corrected chi connectivity index (χ3v) is 7.97. The van der Waals surface area contributed by atoms with Crippen LogP contribution in [0.3, 0.4) is 0 Å². The van der Waals surface area contributed by atoms with Gasteiger partial charge in [0.2, 0.25) is 5.91 Å². The van der Waals surface area contributed by atoms with Gasteiger partial charge in [0.15, 0.2) is 16.4 Å². The number of nitrogens with one attached hydrogen (secondary N) is 2. The monoisotopic (exact) mass is 422 g/mol. The molecule has 1 saturated carbocycles. The third-order valence-electron chi connectivity index (χ3n) is 5.69. The molecule has 1 heterocycles. The van der Waals surface area contributed by atoms with Gasteiger partial charge in [0, 0.05) is 18.5 Å². The van der Waals surface area contributed by atoms with Crippen LogP contribution >= 0.6 is 0 Å². The van der Waals surface area contributed by atoms with Crippen LogP contribution in [0.5, 0.6) is 5.75 Å². The Morgan fingerprint density at radius 2 is 1.86 bits per heavy atom. The average molecular weight is 423 g/mol. The summed E-state index contributed by atoms with van der Waals surface area (Å²) in [5, 5.41) is 4.85. The van der Waals surface area contributed by atoms with Gasteiger partial charge < -0.3 is 15.4 Å². The van der Waals surface area contributed by atoms with Crippen LogP contribution in [-0.4, -0.2) is 38.1 Å². The Hall–Kier alpha value is -2.09. The number of aryl methyl sites for hydroxylation is 1. The molecule has 160 valence electrons. The van der Waals surface area contributed by atoms with Crippen LogP contribution in [0.4, 0.5) is 5.69 Å². The van der Waals surface area contributed by atoms with Crippen LogP contribution in [0.25, 0.3) is 0 Å². The van der Waals surface area contributed by atoms with E-state index in [0.29, 0.717) is 17.0 Å². The van der Waals surface area contributed by atoms with Crippen molar-refractivity contribution in [2.24, 2.45) is 0 Å². The fourth-order valence-electron chi connectivity index (χ4n) is 4.00. The Morgan fingerprint density at radius 1 is 1.21 bits per heavy atom. The van der Waals surface area contributed by atoms with Crippen LogP contribution in [0.1, 0.15) is 63.9 Å². The Bertz CT molecular complexity index is 873. The second-order valence-electron chi connectivity index (χ2n) is 8.12. The zero-order valence-electron chi connectivity index (χ0n) is 17.1. The van der Waals surface area contributed by atoms with Gasteiger partial charge in [-0.25, -0.2) is 8.42 Å². The van der Waals surface area contributed by atoms with Crippen molar-refractivity contribution in [1.29, 1.82) is 0 Å². The standard InChI is InChI=1S/C21H30N2O5S/c1-14-10-17-18(28-13-21(25)23-17)12-19(14)29(26,27)15(2)11-20(24)22-16-8-6-4-3-5-7-9-16/h10,12,15-16H,3-9,11,13H2,1-2H3,(H,22,24)(H,23,25)/t15-/m1/s1. The van der Waals surface area contributed by atoms with Crippen LogP contribution in [-0.2, 0) is 19.4 Å². The first-order chi connectivity index (χ1) is 13.8. The van der Waals surface area contributed by atoms with Gasteiger partial charge in [-0.05, 0) is 38.3 Å². The molecule has 0 bridgehead atoms. The summed E-state index contributed by atoms with van der Waals surface area (Å²) in [6.07, 6.45) is 7.68. The van der Waals surface area contributed by atoms with E-state index in [1.165, 1.54) is 25.3 Å². The molecule has 0 unspecified atom stereocenters. The summed E-state index contributed by atoms with van der Waals surface area (Å²) in [7, 11) is -3.72. The molecule has 0 radical (unpaired) electrons. The van der Waals surface area contributed by atoms with Crippen molar-refractivity contribution in [2.45, 2.75) is 81.4 Å². The van der Waals surface area contributed by atoms with E-state index in [1.54, 1.807) is 19.9 Å². The van der Waals surface area contributed by atoms with Crippen LogP contribution in [0.15, 0.2) is 17.0 Å². The first-order valence-corrected chi connectivity index (χ1v) is 11.9. The van der Waals surface area contributed by atoms with Crippen molar-refractivity contribution < 1.29 is 22.7 Å². The lowest BCUT2D eigenvalue weighted by atomic mass is 9.96. The number of carbonyl (C=O) groups excluding carboxylic acids is 2. The first kappa shape index (κ1) is 21.6. The number of fused-ring (bicyclic) bond motifs is 1. The topological polar surface area (TPSA) is 102 Å². The fraction of sp³-hybridized carbons (Fsp3) is 0.619. The maximum Gasteiger partial charge on any atom is 0.262 e. The zero-order valence-corrected chi connectivity index (χ0v) is 17.9. The molecule has 0 saturated heterocycles. The molecule has 0 aromatic heterocycles. The van der Waals surface area contributed by atoms with Gasteiger partial charge in [-0.2, -0.15) is 0 Å². The minimum absolute atomic E-state index is 0.0764. The summed E-state index contributed by atoms with van der Waals surface area (Å²) in [6, 6.07) is 3.18. The van der Waals surface area contributed by atoms with E-state index in [9.17, 15) is 18.0 Å². The number of carbonyl (C=O) groups is 2. The Morgan fingerprint density at radius 3 is 2.55 bits per heavy atom. The molecule has 3 rings (SSSR count). The van der Waals surface area contributed by atoms with E-state index in [1.807, 2.05) is 0 Å². The molecule has 1 aromatic rings. The predicted octanol–water partition coefficient (Wildman–Crippen LogP) is 3.11. The largest absolute Gasteiger partial charge is 0.482 e. The number of benzene rings is 1. The van der Waals surface area contributed by atoms with Gasteiger partial charge in [-0.1, -0.05) is 32.1 Å². The molecular formula is C21H30N2O5S. The number of hydrogen-bond acceptors (Lipinski definition) is 5. The highest BCUT2D eigenvalue weighted by molar-refractivity contribution is 7.92. The van der Waals surface area contributed by atoms with Gasteiger partial charge in [0.25, 0.3) is 5.91 Å². The Kier molecular flexibility index (Phi) is 6.82. The molecule has 0 spiro atoms. The molecule has 1 aliphatic heterocycles. The first-order valence-electron chi connectivity index (χ1n) is 10.4. The van der Waals surface area contributed by atoms with Gasteiger partial charge in [-0.15, -0.1) is 0 Å². The van der Waals surface area contributed by atoms with Crippen molar-refractivity contribution >= 4 is 27.3 Å². The van der Waals surface area contributed by atoms with Crippen molar-refractivity contribution in [3.63, 3.8) is 0 Å². The number of ether oxygens (including phenoxy) is 1. The summed E-state index contributed by atoms with van der Waals surface area (Å²) < 4.78 is 31.6. The number of hydrogen-bond donors (Lipinski definition) is 2. The number of sulfone groups is 1. The van der Waals surface area contributed by atoms with E-state index < -0.39 is 15.1 Å². The normalized spacial score (nSPS) is 19.2. The number of amides is 2. The second kappa shape index (κ2) is 9.15. The van der Waals surface area contributed by atoms with Gasteiger partial charge in [0.05, 0.1) is 15.8 Å². The van der Waals surface area contributed by atoms with Gasteiger partial charge in [-0.3, -0.25) is 9.59 Å². The lowest BCUT2D eigenvalue weighted by molar-refractivity contribution is -0.122. The number of rotatable bonds is 5. The summed E-state index contributed by atoms with van der Waals surface area (Å²) in [6.45, 7) is 3.10. The molecule has 2 N–H and O–H groups in total. The summed E-state index contributed by atoms with van der Waals surface area (Å²) >= 11 is 0. The van der Waals surface area contributed by atoms with Crippen LogP contribution in [0.2, 0.25) is 0 Å². The molecule has 2 amide bonds. The molecule has 8 heteroatoms. The zero-order chi connectivity index (χ0) is 21.0. The van der Waals surface area contributed by atoms with Crippen molar-refractivity contribution in [3.05, 3.63) is 17.7 Å². The summed E-state index contributed by atoms with van der Waals surface area (Å²) in [4.78, 5) is 24.1. The Labute approximate surface area is 172 Å². The quantitative estimate of drug-likeness (QED) is 0.759. The highest BCUT2D eigenvalue weighted by Crippen LogP contribution is 2.34. The maximum absolute atomic E-state index is 13.1. The van der Waals surface area contributed by atoms with E-state index >= 15 is 0 Å². The second-order valence-corrected chi connectivity index (χ2v) is 10.5. The lowest BCUT2D eigenvalue weighted by Gasteiger charge is -2.23. The maximum atomic E-state index is 13.1. The predicted molar refractivity (Wildman–Crippen MR) is 111 cm³/mol. The van der Waals surface area contributed by atoms with Crippen molar-refractivity contribution in [3.8, 4) is 5.75 Å². The Balaban J connectivity index is 1.68. The minimum atomic E-state index is -3.72. The molecule has 1 atom stereocenters. The van der Waals surface area contributed by atoms with Crippen molar-refractivity contribution in [1.82, 2.24) is 5.32 Å². The molecule has 29 heavy (non-hydrogen) atoms. The smallest absolute Gasteiger partial charge is 0.262 e. The van der Waals surface area contributed by atoms with Crippen molar-refractivity contribution in [2.75, 3.05) is 11.9 Å². The molecule has 1 aromatic carbocycles. The molecule has 7 nitrogen and oxygen atoms in total. The van der Waals surface area contributed by atoms with E-state index in [2.05, 4.69) is 10.6 Å². The third kappa shape index (κ3) is 5.29. The molecule has 1 fully saturated rings. The lowest BCUT2D eigenvalue weighted by Crippen LogP contribution is -2.38. The summed E-state index contributed by atoms with van der Waals surface area (Å²) in [5.41, 5.74) is 0.981. The van der Waals surface area contributed by atoms with Gasteiger partial charge in [0.1, 0.15) is 5.75 Å². The van der Waals surface area contributed by atoms with E-state index in [4.69, 9.17) is 4.74 Å².